The zero-order chi connectivity index (χ0) is 48.7. The van der Waals surface area contributed by atoms with Crippen LogP contribution in [0.3, 0.4) is 0 Å². The van der Waals surface area contributed by atoms with Crippen molar-refractivity contribution in [1.82, 2.24) is 14.7 Å². The van der Waals surface area contributed by atoms with Crippen molar-refractivity contribution in [2.24, 2.45) is 32.5 Å². The first kappa shape index (κ1) is 71.5. The van der Waals surface area contributed by atoms with E-state index in [0.717, 1.165) is 0 Å². The van der Waals surface area contributed by atoms with E-state index >= 15 is 0 Å². The third-order valence-electron chi connectivity index (χ3n) is 9.94. The van der Waals surface area contributed by atoms with Gasteiger partial charge in [0.1, 0.15) is 0 Å². The molecule has 0 aromatic rings. The van der Waals surface area contributed by atoms with Crippen molar-refractivity contribution in [3.63, 3.8) is 0 Å². The highest BCUT2D eigenvalue weighted by Gasteiger charge is 2.11. The lowest BCUT2D eigenvalue weighted by Gasteiger charge is -2.19. The predicted molar refractivity (Wildman–Crippen MR) is 286 cm³/mol. The molecule has 0 N–H and O–H groups in total. The number of hydrogen-bond donors (Lipinski definition) is 0. The van der Waals surface area contributed by atoms with Gasteiger partial charge >= 0.3 is 0 Å². The molecule has 3 nitrogen and oxygen atoms in total. The molecule has 60 heavy (non-hydrogen) atoms. The Bertz CT molecular complexity index is 797. The van der Waals surface area contributed by atoms with E-state index in [1.54, 1.807) is 0 Å². The summed E-state index contributed by atoms with van der Waals surface area (Å²) >= 11 is 0. The van der Waals surface area contributed by atoms with E-state index in [9.17, 15) is 0 Å². The number of hydrogen-bond acceptors (Lipinski definition) is 3. The van der Waals surface area contributed by atoms with Gasteiger partial charge in [-0.1, -0.05) is 222 Å². The van der Waals surface area contributed by atoms with Crippen LogP contribution in [0, 0.1) is 32.5 Å². The highest BCUT2D eigenvalue weighted by atomic mass is 15.1. The maximum absolute atomic E-state index is 2.32. The summed E-state index contributed by atoms with van der Waals surface area (Å²) in [7, 11) is 12.8. The highest BCUT2D eigenvalue weighted by molar-refractivity contribution is 4.64. The van der Waals surface area contributed by atoms with Crippen molar-refractivity contribution in [3.8, 4) is 0 Å². The quantitative estimate of drug-likeness (QED) is 0.107. The van der Waals surface area contributed by atoms with Crippen LogP contribution in [0.5, 0.6) is 0 Å². The normalized spacial score (nSPS) is 12.3. The van der Waals surface area contributed by atoms with Crippen LogP contribution in [0.2, 0.25) is 0 Å². The third-order valence-corrected chi connectivity index (χ3v) is 9.94. The summed E-state index contributed by atoms with van der Waals surface area (Å²) in [6.07, 6.45) is 28.8. The third kappa shape index (κ3) is 107. The zero-order valence-corrected chi connectivity index (χ0v) is 48.3. The maximum atomic E-state index is 2.32. The van der Waals surface area contributed by atoms with Crippen molar-refractivity contribution in [2.75, 3.05) is 61.9 Å². The molecule has 0 aliphatic carbocycles. The molecule has 3 heteroatoms. The van der Waals surface area contributed by atoms with E-state index in [-0.39, 0.29) is 0 Å². The molecule has 0 spiro atoms. The van der Waals surface area contributed by atoms with Crippen LogP contribution in [-0.4, -0.2) is 76.6 Å². The molecule has 0 saturated heterocycles. The molecule has 0 heterocycles. The van der Waals surface area contributed by atoms with Gasteiger partial charge in [0.25, 0.3) is 0 Å². The Balaban J connectivity index is -0.000000146. The second-order valence-corrected chi connectivity index (χ2v) is 26.5. The number of unbranched alkanes of at least 4 members (excludes halogenated alkanes) is 9. The lowest BCUT2D eigenvalue weighted by atomic mass is 9.89. The molecule has 0 aromatic carbocycles. The molecule has 0 unspecified atom stereocenters. The van der Waals surface area contributed by atoms with Gasteiger partial charge < -0.3 is 14.7 Å². The number of rotatable bonds is 21. The fourth-order valence-corrected chi connectivity index (χ4v) is 5.96. The summed E-state index contributed by atoms with van der Waals surface area (Å²) in [6, 6.07) is 0. The molecule has 0 rings (SSSR count). The summed E-state index contributed by atoms with van der Waals surface area (Å²) in [5.74, 6) is 0. The van der Waals surface area contributed by atoms with Crippen molar-refractivity contribution in [2.45, 2.75) is 280 Å². The second kappa shape index (κ2) is 41.6. The molecule has 0 atom stereocenters. The van der Waals surface area contributed by atoms with Crippen LogP contribution >= 0.6 is 0 Å². The van der Waals surface area contributed by atoms with Gasteiger partial charge in [-0.15, -0.1) is 0 Å². The van der Waals surface area contributed by atoms with Gasteiger partial charge in [-0.2, -0.15) is 0 Å². The van der Waals surface area contributed by atoms with Crippen LogP contribution < -0.4 is 0 Å². The van der Waals surface area contributed by atoms with Gasteiger partial charge in [-0.25, -0.2) is 0 Å². The molecule has 0 aliphatic rings. The molecule has 0 fully saturated rings. The summed E-state index contributed by atoms with van der Waals surface area (Å²) in [5, 5.41) is 0. The molecule has 0 aliphatic heterocycles. The van der Waals surface area contributed by atoms with Gasteiger partial charge in [0.2, 0.25) is 0 Å². The van der Waals surface area contributed by atoms with E-state index in [1.807, 2.05) is 0 Å². The Morgan fingerprint density at radius 2 is 0.400 bits per heavy atom. The summed E-state index contributed by atoms with van der Waals surface area (Å²) in [6.45, 7) is 52.0. The first-order valence-electron chi connectivity index (χ1n) is 25.9. The molecular formula is C57H129N3. The zero-order valence-electron chi connectivity index (χ0n) is 48.3. The highest BCUT2D eigenvalue weighted by Crippen LogP contribution is 2.25. The van der Waals surface area contributed by atoms with Crippen LogP contribution in [0.1, 0.15) is 280 Å². The molecule has 0 bridgehead atoms. The average molecular weight is 857 g/mol. The second-order valence-electron chi connectivity index (χ2n) is 26.5. The minimum absolute atomic E-state index is 0.510. The molecule has 372 valence electrons. The van der Waals surface area contributed by atoms with E-state index < -0.39 is 0 Å². The molecule has 0 saturated carbocycles. The Kier molecular flexibility index (Phi) is 49.6. The Morgan fingerprint density at radius 3 is 0.650 bits per heavy atom. The molecule has 0 amide bonds. The SMILES string of the molecule is CCCCC(C)(C)C.CCCCCC(C)(C)C.CCCCCCC(C)(C)C.CN(C)CCCC(C)(C)C.CN(C)CCCCC(C)(C)C.CN(C)CCCCCC(C)(C)C. The monoisotopic (exact) mass is 856 g/mol. The van der Waals surface area contributed by atoms with Gasteiger partial charge in [-0.3, -0.25) is 0 Å². The van der Waals surface area contributed by atoms with Crippen molar-refractivity contribution in [3.05, 3.63) is 0 Å². The standard InChI is InChI=1S/C11H25N.C10H23N.C10H22.C9H21N.C9H20.C8H18/c1-11(2,3)9-7-6-8-10-12(4)5;1-10(2,3)8-6-7-9-11(4)5;1-5-6-7-8-9-10(2,3)4;1-9(2,3)7-6-8-10(4)5;1-5-6-7-8-9(2,3)4;1-5-6-7-8(2,3)4/h6-10H2,1-5H3;6-9H2,1-5H3;5-9H2,1-4H3;6-8H2,1-5H3;5-8H2,1-4H3;5-7H2,1-4H3. The maximum Gasteiger partial charge on any atom is -0.00246 e. The first-order chi connectivity index (χ1) is 26.9. The lowest BCUT2D eigenvalue weighted by molar-refractivity contribution is 0.319. The largest absolute Gasteiger partial charge is 0.309 e. The van der Waals surface area contributed by atoms with E-state index in [1.165, 1.54) is 154 Å². The average Bonchev–Trinajstić information content (AvgIpc) is 3.02. The van der Waals surface area contributed by atoms with Gasteiger partial charge in [-0.05, 0) is 152 Å². The molecule has 0 aromatic heterocycles. The van der Waals surface area contributed by atoms with Crippen molar-refractivity contribution in [1.29, 1.82) is 0 Å². The predicted octanol–water partition coefficient (Wildman–Crippen LogP) is 19.1. The van der Waals surface area contributed by atoms with Crippen LogP contribution in [0.25, 0.3) is 0 Å². The van der Waals surface area contributed by atoms with Crippen molar-refractivity contribution >= 4 is 0 Å². The van der Waals surface area contributed by atoms with Gasteiger partial charge in [0, 0.05) is 0 Å². The van der Waals surface area contributed by atoms with Crippen LogP contribution in [-0.2, 0) is 0 Å². The minimum Gasteiger partial charge on any atom is -0.309 e. The summed E-state index contributed by atoms with van der Waals surface area (Å²) < 4.78 is 0. The van der Waals surface area contributed by atoms with Gasteiger partial charge in [0.15, 0.2) is 0 Å². The topological polar surface area (TPSA) is 9.72 Å². The van der Waals surface area contributed by atoms with Gasteiger partial charge in [0.05, 0.1) is 0 Å². The van der Waals surface area contributed by atoms with E-state index in [2.05, 4.69) is 202 Å². The van der Waals surface area contributed by atoms with E-state index in [4.69, 9.17) is 0 Å². The Morgan fingerprint density at radius 1 is 0.217 bits per heavy atom. The smallest absolute Gasteiger partial charge is 0.00246 e. The fourth-order valence-electron chi connectivity index (χ4n) is 5.96. The number of nitrogens with zero attached hydrogens (tertiary/aromatic N) is 3. The van der Waals surface area contributed by atoms with Crippen LogP contribution in [0.15, 0.2) is 0 Å². The molecule has 0 radical (unpaired) electrons. The Hall–Kier alpha value is -0.120. The summed E-state index contributed by atoms with van der Waals surface area (Å²) in [4.78, 5) is 6.76. The molecular weight excluding hydrogens is 727 g/mol. The Labute approximate surface area is 387 Å². The van der Waals surface area contributed by atoms with Crippen molar-refractivity contribution < 1.29 is 0 Å². The lowest BCUT2D eigenvalue weighted by Crippen LogP contribution is -2.15. The fraction of sp³-hybridized carbons (Fsp3) is 1.00. The van der Waals surface area contributed by atoms with Crippen LogP contribution in [0.4, 0.5) is 0 Å². The van der Waals surface area contributed by atoms with E-state index in [0.29, 0.717) is 32.5 Å². The summed E-state index contributed by atoms with van der Waals surface area (Å²) in [5.41, 5.74) is 3.21. The first-order valence-corrected chi connectivity index (χ1v) is 25.9. The minimum atomic E-state index is 0.510.